The van der Waals surface area contributed by atoms with Gasteiger partial charge in [-0.05, 0) is 31.0 Å². The highest BCUT2D eigenvalue weighted by Crippen LogP contribution is 2.33. The SMILES string of the molecule is CCCCCOC(=O)C1=C(C)N(C)C(=O)N[C@H]1c1ccc(Cl)c(Cl)c1. The molecule has 7 heteroatoms. The molecular weight excluding hydrogens is 363 g/mol. The number of hydrogen-bond acceptors (Lipinski definition) is 3. The summed E-state index contributed by atoms with van der Waals surface area (Å²) in [6, 6.07) is 4.11. The zero-order valence-corrected chi connectivity index (χ0v) is 16.1. The van der Waals surface area contributed by atoms with Gasteiger partial charge in [-0.2, -0.15) is 0 Å². The van der Waals surface area contributed by atoms with Crippen LogP contribution in [0.4, 0.5) is 4.79 Å². The third-order valence-electron chi connectivity index (χ3n) is 4.23. The lowest BCUT2D eigenvalue weighted by molar-refractivity contribution is -0.139. The molecule has 136 valence electrons. The van der Waals surface area contributed by atoms with Crippen LogP contribution in [-0.4, -0.2) is 30.6 Å². The average Bonchev–Trinajstić information content (AvgIpc) is 2.58. The molecule has 0 aromatic heterocycles. The molecule has 1 aromatic carbocycles. The highest BCUT2D eigenvalue weighted by atomic mass is 35.5. The van der Waals surface area contributed by atoms with E-state index in [1.807, 2.05) is 0 Å². The normalized spacial score (nSPS) is 17.6. The number of urea groups is 1. The van der Waals surface area contributed by atoms with E-state index in [1.165, 1.54) is 4.90 Å². The van der Waals surface area contributed by atoms with Crippen molar-refractivity contribution in [2.24, 2.45) is 0 Å². The molecule has 0 aliphatic carbocycles. The van der Waals surface area contributed by atoms with Crippen molar-refractivity contribution in [1.82, 2.24) is 10.2 Å². The number of nitrogens with one attached hydrogen (secondary N) is 1. The molecular formula is C18H22Cl2N2O3. The Morgan fingerprint density at radius 3 is 2.64 bits per heavy atom. The summed E-state index contributed by atoms with van der Waals surface area (Å²) in [6.07, 6.45) is 2.86. The quantitative estimate of drug-likeness (QED) is 0.571. The second-order valence-electron chi connectivity index (χ2n) is 5.96. The number of unbranched alkanes of at least 4 members (excludes halogenated alkanes) is 2. The Bertz CT molecular complexity index is 704. The van der Waals surface area contributed by atoms with Crippen molar-refractivity contribution in [2.45, 2.75) is 39.2 Å². The van der Waals surface area contributed by atoms with E-state index in [2.05, 4.69) is 12.2 Å². The Morgan fingerprint density at radius 1 is 1.28 bits per heavy atom. The predicted octanol–water partition coefficient (Wildman–Crippen LogP) is 4.70. The van der Waals surface area contributed by atoms with Gasteiger partial charge in [0.15, 0.2) is 0 Å². The summed E-state index contributed by atoms with van der Waals surface area (Å²) in [6.45, 7) is 4.17. The Hall–Kier alpha value is -1.72. The molecule has 1 aliphatic heterocycles. The lowest BCUT2D eigenvalue weighted by atomic mass is 9.95. The monoisotopic (exact) mass is 384 g/mol. The minimum atomic E-state index is -0.628. The molecule has 0 saturated carbocycles. The number of halogens is 2. The molecule has 1 heterocycles. The zero-order valence-electron chi connectivity index (χ0n) is 14.6. The number of amides is 2. The number of allylic oxidation sites excluding steroid dienone is 1. The van der Waals surface area contributed by atoms with Crippen molar-refractivity contribution in [3.63, 3.8) is 0 Å². The maximum Gasteiger partial charge on any atom is 0.338 e. The fraction of sp³-hybridized carbons (Fsp3) is 0.444. The first-order valence-corrected chi connectivity index (χ1v) is 8.99. The van der Waals surface area contributed by atoms with Crippen LogP contribution in [0.15, 0.2) is 29.5 Å². The van der Waals surface area contributed by atoms with Crippen molar-refractivity contribution in [3.05, 3.63) is 45.1 Å². The van der Waals surface area contributed by atoms with E-state index in [-0.39, 0.29) is 6.03 Å². The molecule has 0 saturated heterocycles. The summed E-state index contributed by atoms with van der Waals surface area (Å²) in [5.41, 5.74) is 1.63. The van der Waals surface area contributed by atoms with E-state index in [9.17, 15) is 9.59 Å². The molecule has 1 aromatic rings. The van der Waals surface area contributed by atoms with E-state index < -0.39 is 12.0 Å². The van der Waals surface area contributed by atoms with Crippen molar-refractivity contribution >= 4 is 35.2 Å². The van der Waals surface area contributed by atoms with Crippen LogP contribution in [-0.2, 0) is 9.53 Å². The first-order chi connectivity index (χ1) is 11.9. The number of hydrogen-bond donors (Lipinski definition) is 1. The number of esters is 1. The van der Waals surface area contributed by atoms with Crippen LogP contribution >= 0.6 is 23.2 Å². The van der Waals surface area contributed by atoms with Crippen LogP contribution in [0.3, 0.4) is 0 Å². The number of carbonyl (C=O) groups is 2. The van der Waals surface area contributed by atoms with Gasteiger partial charge in [0.05, 0.1) is 28.3 Å². The van der Waals surface area contributed by atoms with Crippen LogP contribution in [0.2, 0.25) is 10.0 Å². The predicted molar refractivity (Wildman–Crippen MR) is 98.7 cm³/mol. The van der Waals surface area contributed by atoms with Crippen molar-refractivity contribution in [3.8, 4) is 0 Å². The number of rotatable bonds is 6. The molecule has 0 radical (unpaired) electrons. The number of carbonyl (C=O) groups excluding carboxylic acids is 2. The van der Waals surface area contributed by atoms with Crippen LogP contribution < -0.4 is 5.32 Å². The summed E-state index contributed by atoms with van der Waals surface area (Å²) in [5.74, 6) is -0.434. The Kier molecular flexibility index (Phi) is 6.73. The molecule has 2 amide bonds. The van der Waals surface area contributed by atoms with Gasteiger partial charge >= 0.3 is 12.0 Å². The zero-order chi connectivity index (χ0) is 18.6. The summed E-state index contributed by atoms with van der Waals surface area (Å²) < 4.78 is 5.41. The molecule has 2 rings (SSSR count). The molecule has 1 N–H and O–H groups in total. The summed E-state index contributed by atoms with van der Waals surface area (Å²) in [5, 5.41) is 3.59. The van der Waals surface area contributed by atoms with Crippen LogP contribution in [0, 0.1) is 0 Å². The molecule has 1 aliphatic rings. The average molecular weight is 385 g/mol. The number of nitrogens with zero attached hydrogens (tertiary/aromatic N) is 1. The van der Waals surface area contributed by atoms with Crippen LogP contribution in [0.5, 0.6) is 0 Å². The minimum absolute atomic E-state index is 0.295. The second kappa shape index (κ2) is 8.59. The van der Waals surface area contributed by atoms with E-state index in [1.54, 1.807) is 32.2 Å². The Morgan fingerprint density at radius 2 is 2.00 bits per heavy atom. The van der Waals surface area contributed by atoms with Gasteiger partial charge in [0.25, 0.3) is 0 Å². The first kappa shape index (κ1) is 19.6. The van der Waals surface area contributed by atoms with Gasteiger partial charge in [-0.3, -0.25) is 0 Å². The standard InChI is InChI=1S/C18H22Cl2N2O3/c1-4-5-6-9-25-17(23)15-11(2)22(3)18(24)21-16(15)12-7-8-13(19)14(20)10-12/h7-8,10,16H,4-6,9H2,1-3H3,(H,21,24)/t16-/m0/s1. The number of benzene rings is 1. The molecule has 0 spiro atoms. The summed E-state index contributed by atoms with van der Waals surface area (Å²) in [4.78, 5) is 26.2. The fourth-order valence-electron chi connectivity index (χ4n) is 2.64. The molecule has 0 unspecified atom stereocenters. The highest BCUT2D eigenvalue weighted by Gasteiger charge is 2.35. The van der Waals surface area contributed by atoms with Gasteiger partial charge in [-0.15, -0.1) is 0 Å². The topological polar surface area (TPSA) is 58.6 Å². The van der Waals surface area contributed by atoms with E-state index in [0.717, 1.165) is 19.3 Å². The van der Waals surface area contributed by atoms with Gasteiger partial charge in [-0.1, -0.05) is 49.0 Å². The van der Waals surface area contributed by atoms with Crippen molar-refractivity contribution in [2.75, 3.05) is 13.7 Å². The summed E-state index contributed by atoms with van der Waals surface area (Å²) in [7, 11) is 1.61. The fourth-order valence-corrected chi connectivity index (χ4v) is 2.94. The second-order valence-corrected chi connectivity index (χ2v) is 6.77. The Balaban J connectivity index is 2.33. The van der Waals surface area contributed by atoms with Crippen molar-refractivity contribution in [1.29, 1.82) is 0 Å². The molecule has 5 nitrogen and oxygen atoms in total. The maximum absolute atomic E-state index is 12.6. The maximum atomic E-state index is 12.6. The van der Waals surface area contributed by atoms with Gasteiger partial charge in [0.2, 0.25) is 0 Å². The summed E-state index contributed by atoms with van der Waals surface area (Å²) >= 11 is 12.1. The van der Waals surface area contributed by atoms with Gasteiger partial charge in [-0.25, -0.2) is 9.59 Å². The smallest absolute Gasteiger partial charge is 0.338 e. The number of ether oxygens (including phenoxy) is 1. The van der Waals surface area contributed by atoms with Gasteiger partial charge in [0.1, 0.15) is 0 Å². The first-order valence-electron chi connectivity index (χ1n) is 8.23. The Labute approximate surface area is 157 Å². The highest BCUT2D eigenvalue weighted by molar-refractivity contribution is 6.42. The van der Waals surface area contributed by atoms with Gasteiger partial charge < -0.3 is 15.0 Å². The minimum Gasteiger partial charge on any atom is -0.462 e. The molecule has 0 fully saturated rings. The largest absolute Gasteiger partial charge is 0.462 e. The van der Waals surface area contributed by atoms with E-state index in [0.29, 0.717) is 33.5 Å². The molecule has 1 atom stereocenters. The molecule has 25 heavy (non-hydrogen) atoms. The van der Waals surface area contributed by atoms with E-state index in [4.69, 9.17) is 27.9 Å². The molecule has 0 bridgehead atoms. The third kappa shape index (κ3) is 4.47. The van der Waals surface area contributed by atoms with E-state index >= 15 is 0 Å². The lowest BCUT2D eigenvalue weighted by Crippen LogP contribution is -2.46. The van der Waals surface area contributed by atoms with Crippen molar-refractivity contribution < 1.29 is 14.3 Å². The van der Waals surface area contributed by atoms with Gasteiger partial charge in [0, 0.05) is 12.7 Å². The van der Waals surface area contributed by atoms with Crippen LogP contribution in [0.25, 0.3) is 0 Å². The third-order valence-corrected chi connectivity index (χ3v) is 4.97. The van der Waals surface area contributed by atoms with Crippen LogP contribution in [0.1, 0.15) is 44.7 Å². The lowest BCUT2D eigenvalue weighted by Gasteiger charge is -2.33.